The highest BCUT2D eigenvalue weighted by molar-refractivity contribution is 5.15. The molecule has 0 aliphatic carbocycles. The van der Waals surface area contributed by atoms with Gasteiger partial charge in [0.2, 0.25) is 5.88 Å². The van der Waals surface area contributed by atoms with Gasteiger partial charge in [-0.2, -0.15) is 0 Å². The van der Waals surface area contributed by atoms with Gasteiger partial charge in [-0.3, -0.25) is 0 Å². The lowest BCUT2D eigenvalue weighted by molar-refractivity contribution is 0.225. The Balaban J connectivity index is 2.43. The van der Waals surface area contributed by atoms with Gasteiger partial charge in [-0.1, -0.05) is 39.2 Å². The minimum atomic E-state index is 0.653. The number of nitrogens with zero attached hydrogens (tertiary/aromatic N) is 1. The maximum Gasteiger partial charge on any atom is 0.213 e. The van der Waals surface area contributed by atoms with Crippen molar-refractivity contribution in [3.05, 3.63) is 23.9 Å². The van der Waals surface area contributed by atoms with Crippen LogP contribution < -0.4 is 10.1 Å². The quantitative estimate of drug-likeness (QED) is 0.729. The molecule has 0 aliphatic rings. The summed E-state index contributed by atoms with van der Waals surface area (Å²) >= 11 is 0. The summed E-state index contributed by atoms with van der Waals surface area (Å²) < 4.78 is 5.80. The van der Waals surface area contributed by atoms with E-state index in [0.717, 1.165) is 24.7 Å². The Morgan fingerprint density at radius 1 is 1.33 bits per heavy atom. The lowest BCUT2D eigenvalue weighted by atomic mass is 10.0. The molecule has 1 N–H and O–H groups in total. The van der Waals surface area contributed by atoms with Crippen molar-refractivity contribution in [2.24, 2.45) is 5.92 Å². The summed E-state index contributed by atoms with van der Waals surface area (Å²) in [5, 5.41) is 3.10. The van der Waals surface area contributed by atoms with E-state index in [1.807, 2.05) is 25.2 Å². The molecule has 1 aromatic rings. The number of nitrogens with one attached hydrogen (secondary N) is 1. The number of hydrogen-bond donors (Lipinski definition) is 1. The summed E-state index contributed by atoms with van der Waals surface area (Å²) in [6, 6.07) is 5.95. The molecule has 0 saturated carbocycles. The van der Waals surface area contributed by atoms with Crippen LogP contribution in [0.3, 0.4) is 0 Å². The van der Waals surface area contributed by atoms with E-state index in [1.54, 1.807) is 0 Å². The Morgan fingerprint density at radius 2 is 2.17 bits per heavy atom. The molecule has 1 atom stereocenters. The Bertz CT molecular complexity index is 328. The normalized spacial score (nSPS) is 12.4. The maximum absolute atomic E-state index is 5.80. The van der Waals surface area contributed by atoms with E-state index in [9.17, 15) is 0 Å². The molecular formula is C15H26N2O. The second kappa shape index (κ2) is 8.92. The van der Waals surface area contributed by atoms with Crippen LogP contribution in [0.1, 0.15) is 45.2 Å². The second-order valence-corrected chi connectivity index (χ2v) is 4.72. The van der Waals surface area contributed by atoms with E-state index in [1.165, 1.54) is 25.7 Å². The van der Waals surface area contributed by atoms with E-state index in [-0.39, 0.29) is 0 Å². The van der Waals surface area contributed by atoms with E-state index in [0.29, 0.717) is 5.92 Å². The van der Waals surface area contributed by atoms with E-state index in [4.69, 9.17) is 4.74 Å². The first-order valence-electron chi connectivity index (χ1n) is 7.03. The number of rotatable bonds is 9. The monoisotopic (exact) mass is 250 g/mol. The van der Waals surface area contributed by atoms with E-state index >= 15 is 0 Å². The minimum Gasteiger partial charge on any atom is -0.477 e. The molecule has 0 spiro atoms. The highest BCUT2D eigenvalue weighted by Gasteiger charge is 2.07. The Kier molecular flexibility index (Phi) is 7.42. The van der Waals surface area contributed by atoms with Gasteiger partial charge >= 0.3 is 0 Å². The van der Waals surface area contributed by atoms with Gasteiger partial charge in [-0.25, -0.2) is 4.98 Å². The summed E-state index contributed by atoms with van der Waals surface area (Å²) in [5.74, 6) is 1.40. The van der Waals surface area contributed by atoms with Crippen LogP contribution >= 0.6 is 0 Å². The predicted octanol–water partition coefficient (Wildman–Crippen LogP) is 3.40. The molecule has 0 fully saturated rings. The van der Waals surface area contributed by atoms with Crippen molar-refractivity contribution in [1.29, 1.82) is 0 Å². The van der Waals surface area contributed by atoms with Crippen LogP contribution in [0.5, 0.6) is 5.88 Å². The number of unbranched alkanes of at least 4 members (excludes halogenated alkanes) is 1. The lowest BCUT2D eigenvalue weighted by Crippen LogP contribution is -2.13. The topological polar surface area (TPSA) is 34.1 Å². The average molecular weight is 250 g/mol. The van der Waals surface area contributed by atoms with Gasteiger partial charge in [0.1, 0.15) is 0 Å². The van der Waals surface area contributed by atoms with Gasteiger partial charge in [-0.15, -0.1) is 0 Å². The summed E-state index contributed by atoms with van der Waals surface area (Å²) in [7, 11) is 1.92. The minimum absolute atomic E-state index is 0.653. The maximum atomic E-state index is 5.80. The number of aromatic nitrogens is 1. The van der Waals surface area contributed by atoms with Gasteiger partial charge < -0.3 is 10.1 Å². The number of hydrogen-bond acceptors (Lipinski definition) is 3. The molecule has 3 nitrogen and oxygen atoms in total. The average Bonchev–Trinajstić information content (AvgIpc) is 2.40. The molecule has 1 aromatic heterocycles. The van der Waals surface area contributed by atoms with E-state index < -0.39 is 0 Å². The lowest BCUT2D eigenvalue weighted by Gasteiger charge is -2.15. The van der Waals surface area contributed by atoms with Crippen LogP contribution in [-0.4, -0.2) is 18.6 Å². The van der Waals surface area contributed by atoms with Gasteiger partial charge in [0.05, 0.1) is 12.3 Å². The molecule has 0 aromatic carbocycles. The molecule has 3 heteroatoms. The fourth-order valence-corrected chi connectivity index (χ4v) is 1.92. The second-order valence-electron chi connectivity index (χ2n) is 4.72. The molecule has 102 valence electrons. The SMILES string of the molecule is CCCCC(CC)COc1cccc(CNC)n1. The molecule has 0 aliphatic heterocycles. The number of pyridine rings is 1. The van der Waals surface area contributed by atoms with Crippen LogP contribution in [0, 0.1) is 5.92 Å². The summed E-state index contributed by atoms with van der Waals surface area (Å²) in [5.41, 5.74) is 1.02. The predicted molar refractivity (Wildman–Crippen MR) is 75.8 cm³/mol. The van der Waals surface area contributed by atoms with Gasteiger partial charge in [0, 0.05) is 12.6 Å². The van der Waals surface area contributed by atoms with Gasteiger partial charge in [0.15, 0.2) is 0 Å². The van der Waals surface area contributed by atoms with Crippen molar-refractivity contribution < 1.29 is 4.74 Å². The standard InChI is InChI=1S/C15H26N2O/c1-4-6-8-13(5-2)12-18-15-10-7-9-14(17-15)11-16-3/h7,9-10,13,16H,4-6,8,11-12H2,1-3H3. The molecule has 0 amide bonds. The first kappa shape index (κ1) is 15.0. The Labute approximate surface area is 111 Å². The van der Waals surface area contributed by atoms with Crippen molar-refractivity contribution in [2.75, 3.05) is 13.7 Å². The Hall–Kier alpha value is -1.09. The zero-order valence-corrected chi connectivity index (χ0v) is 11.9. The molecule has 0 bridgehead atoms. The Morgan fingerprint density at radius 3 is 2.83 bits per heavy atom. The zero-order valence-electron chi connectivity index (χ0n) is 11.9. The van der Waals surface area contributed by atoms with E-state index in [2.05, 4.69) is 24.1 Å². The third-order valence-corrected chi connectivity index (χ3v) is 3.15. The first-order valence-corrected chi connectivity index (χ1v) is 7.03. The molecule has 1 heterocycles. The summed E-state index contributed by atoms with van der Waals surface area (Å²) in [6.07, 6.45) is 4.97. The van der Waals surface area contributed by atoms with Crippen molar-refractivity contribution in [2.45, 2.75) is 46.1 Å². The van der Waals surface area contributed by atoms with Crippen LogP contribution in [0.2, 0.25) is 0 Å². The summed E-state index contributed by atoms with van der Waals surface area (Å²) in [6.45, 7) is 6.03. The fourth-order valence-electron chi connectivity index (χ4n) is 1.92. The largest absolute Gasteiger partial charge is 0.477 e. The first-order chi connectivity index (χ1) is 8.80. The van der Waals surface area contributed by atoms with Crippen molar-refractivity contribution in [1.82, 2.24) is 10.3 Å². The van der Waals surface area contributed by atoms with Crippen molar-refractivity contribution >= 4 is 0 Å². The zero-order chi connectivity index (χ0) is 13.2. The molecular weight excluding hydrogens is 224 g/mol. The van der Waals surface area contributed by atoms with Crippen LogP contribution in [0.4, 0.5) is 0 Å². The third kappa shape index (κ3) is 5.50. The van der Waals surface area contributed by atoms with Crippen molar-refractivity contribution in [3.8, 4) is 5.88 Å². The summed E-state index contributed by atoms with van der Waals surface area (Å²) in [4.78, 5) is 4.46. The van der Waals surface area contributed by atoms with Gasteiger partial charge in [0.25, 0.3) is 0 Å². The molecule has 1 rings (SSSR count). The third-order valence-electron chi connectivity index (χ3n) is 3.15. The highest BCUT2D eigenvalue weighted by atomic mass is 16.5. The molecule has 0 saturated heterocycles. The van der Waals surface area contributed by atoms with Gasteiger partial charge in [-0.05, 0) is 25.5 Å². The number of ether oxygens (including phenoxy) is 1. The molecule has 18 heavy (non-hydrogen) atoms. The van der Waals surface area contributed by atoms with Crippen molar-refractivity contribution in [3.63, 3.8) is 0 Å². The van der Waals surface area contributed by atoms with Crippen LogP contribution in [0.15, 0.2) is 18.2 Å². The van der Waals surface area contributed by atoms with Crippen LogP contribution in [0.25, 0.3) is 0 Å². The highest BCUT2D eigenvalue weighted by Crippen LogP contribution is 2.15. The van der Waals surface area contributed by atoms with Crippen LogP contribution in [-0.2, 0) is 6.54 Å². The molecule has 1 unspecified atom stereocenters. The fraction of sp³-hybridized carbons (Fsp3) is 0.667. The molecule has 0 radical (unpaired) electrons. The smallest absolute Gasteiger partial charge is 0.213 e.